The van der Waals surface area contributed by atoms with E-state index in [9.17, 15) is 0 Å². The molecule has 0 amide bonds. The maximum absolute atomic E-state index is 5.93. The van der Waals surface area contributed by atoms with Crippen molar-refractivity contribution in [3.8, 4) is 5.75 Å². The summed E-state index contributed by atoms with van der Waals surface area (Å²) in [5, 5.41) is 3.54. The number of benzene rings is 1. The Balaban J connectivity index is 1.84. The van der Waals surface area contributed by atoms with Crippen molar-refractivity contribution in [1.29, 1.82) is 0 Å². The summed E-state index contributed by atoms with van der Waals surface area (Å²) in [7, 11) is 4.09. The van der Waals surface area contributed by atoms with Crippen LogP contribution in [0, 0.1) is 0 Å². The average molecular weight is 263 g/mol. The fourth-order valence-corrected chi connectivity index (χ4v) is 2.40. The van der Waals surface area contributed by atoms with Gasteiger partial charge in [-0.15, -0.1) is 0 Å². The van der Waals surface area contributed by atoms with Gasteiger partial charge >= 0.3 is 0 Å². The number of nitrogens with one attached hydrogen (secondary N) is 1. The minimum atomic E-state index is 0.358. The molecule has 0 aromatic heterocycles. The van der Waals surface area contributed by atoms with E-state index in [1.165, 1.54) is 0 Å². The minimum absolute atomic E-state index is 0.358. The van der Waals surface area contributed by atoms with E-state index in [4.69, 9.17) is 10.5 Å². The molecule has 0 spiro atoms. The highest BCUT2D eigenvalue weighted by molar-refractivity contribution is 5.49. The Hall–Kier alpha value is -1.26. The number of hydrogen-bond donors (Lipinski definition) is 2. The van der Waals surface area contributed by atoms with E-state index >= 15 is 0 Å². The molecule has 4 nitrogen and oxygen atoms in total. The lowest BCUT2D eigenvalue weighted by Crippen LogP contribution is -2.21. The van der Waals surface area contributed by atoms with Crippen LogP contribution in [-0.2, 0) is 0 Å². The number of rotatable bonds is 6. The second kappa shape index (κ2) is 6.78. The molecule has 1 aliphatic carbocycles. The van der Waals surface area contributed by atoms with Crippen molar-refractivity contribution in [2.45, 2.75) is 31.3 Å². The van der Waals surface area contributed by atoms with Crippen molar-refractivity contribution in [1.82, 2.24) is 4.90 Å². The van der Waals surface area contributed by atoms with Crippen molar-refractivity contribution >= 4 is 5.69 Å². The molecule has 0 radical (unpaired) electrons. The number of anilines is 1. The normalized spacial score (nSPS) is 22.7. The minimum Gasteiger partial charge on any atom is -0.492 e. The largest absolute Gasteiger partial charge is 0.492 e. The fourth-order valence-electron chi connectivity index (χ4n) is 2.40. The second-order valence-corrected chi connectivity index (χ2v) is 5.59. The van der Waals surface area contributed by atoms with Gasteiger partial charge in [0.15, 0.2) is 0 Å². The highest BCUT2D eigenvalue weighted by Gasteiger charge is 2.21. The Morgan fingerprint density at radius 3 is 2.89 bits per heavy atom. The zero-order valence-corrected chi connectivity index (χ0v) is 11.9. The second-order valence-electron chi connectivity index (χ2n) is 5.59. The zero-order chi connectivity index (χ0) is 13.7. The summed E-state index contributed by atoms with van der Waals surface area (Å²) in [5.41, 5.74) is 7.06. The van der Waals surface area contributed by atoms with Crippen molar-refractivity contribution in [3.63, 3.8) is 0 Å². The predicted octanol–water partition coefficient (Wildman–Crippen LogP) is 1.92. The van der Waals surface area contributed by atoms with Crippen molar-refractivity contribution in [3.05, 3.63) is 24.3 Å². The summed E-state index contributed by atoms with van der Waals surface area (Å²) >= 11 is 0. The molecule has 0 aliphatic heterocycles. The van der Waals surface area contributed by atoms with Crippen LogP contribution in [0.2, 0.25) is 0 Å². The van der Waals surface area contributed by atoms with Crippen LogP contribution in [0.25, 0.3) is 0 Å². The van der Waals surface area contributed by atoms with E-state index in [-0.39, 0.29) is 0 Å². The molecule has 0 bridgehead atoms. The van der Waals surface area contributed by atoms with Crippen LogP contribution < -0.4 is 15.8 Å². The lowest BCUT2D eigenvalue weighted by atomic mass is 10.2. The van der Waals surface area contributed by atoms with E-state index < -0.39 is 0 Å². The Kier molecular flexibility index (Phi) is 5.05. The molecular weight excluding hydrogens is 238 g/mol. The molecule has 0 saturated heterocycles. The van der Waals surface area contributed by atoms with Crippen LogP contribution in [0.5, 0.6) is 5.75 Å². The highest BCUT2D eigenvalue weighted by Crippen LogP contribution is 2.24. The van der Waals surface area contributed by atoms with Gasteiger partial charge < -0.3 is 20.7 Å². The summed E-state index contributed by atoms with van der Waals surface area (Å²) in [6.07, 6.45) is 3.34. The number of hydrogen-bond acceptors (Lipinski definition) is 4. The molecule has 2 unspecified atom stereocenters. The van der Waals surface area contributed by atoms with Gasteiger partial charge in [-0.25, -0.2) is 0 Å². The number of ether oxygens (including phenoxy) is 1. The maximum atomic E-state index is 5.93. The molecule has 1 saturated carbocycles. The lowest BCUT2D eigenvalue weighted by molar-refractivity contribution is 0.261. The molecule has 106 valence electrons. The maximum Gasteiger partial charge on any atom is 0.121 e. The molecule has 1 aromatic carbocycles. The summed E-state index contributed by atoms with van der Waals surface area (Å²) in [4.78, 5) is 2.11. The molecule has 3 N–H and O–H groups in total. The average Bonchev–Trinajstić information content (AvgIpc) is 2.75. The van der Waals surface area contributed by atoms with Gasteiger partial charge in [0.05, 0.1) is 0 Å². The quantitative estimate of drug-likeness (QED) is 0.823. The first-order valence-electron chi connectivity index (χ1n) is 7.03. The van der Waals surface area contributed by atoms with Crippen LogP contribution in [0.1, 0.15) is 19.3 Å². The van der Waals surface area contributed by atoms with Crippen LogP contribution in [0.3, 0.4) is 0 Å². The Morgan fingerprint density at radius 1 is 1.37 bits per heavy atom. The van der Waals surface area contributed by atoms with Crippen molar-refractivity contribution < 1.29 is 4.74 Å². The van der Waals surface area contributed by atoms with Gasteiger partial charge in [-0.3, -0.25) is 0 Å². The van der Waals surface area contributed by atoms with Crippen molar-refractivity contribution in [2.75, 3.05) is 32.6 Å². The number of nitrogens with zero attached hydrogens (tertiary/aromatic N) is 1. The van der Waals surface area contributed by atoms with Gasteiger partial charge in [0.25, 0.3) is 0 Å². The summed E-state index contributed by atoms with van der Waals surface area (Å²) in [6.45, 7) is 1.64. The van der Waals surface area contributed by atoms with Gasteiger partial charge in [-0.2, -0.15) is 0 Å². The van der Waals surface area contributed by atoms with Crippen LogP contribution in [-0.4, -0.2) is 44.2 Å². The molecule has 1 aliphatic rings. The molecule has 1 fully saturated rings. The van der Waals surface area contributed by atoms with Gasteiger partial charge in [0, 0.05) is 30.4 Å². The van der Waals surface area contributed by atoms with E-state index in [1.54, 1.807) is 0 Å². The highest BCUT2D eigenvalue weighted by atomic mass is 16.5. The summed E-state index contributed by atoms with van der Waals surface area (Å²) < 4.78 is 5.74. The van der Waals surface area contributed by atoms with Gasteiger partial charge in [-0.05, 0) is 45.5 Å². The third-order valence-electron chi connectivity index (χ3n) is 3.49. The summed E-state index contributed by atoms with van der Waals surface area (Å²) in [5.74, 6) is 0.925. The molecular formula is C15H25N3O. The number of likely N-dealkylation sites (N-methyl/N-ethyl adjacent to an activating group) is 1. The molecule has 4 heteroatoms. The standard InChI is InChI=1S/C15H25N3O/c1-18(2)8-9-19-15-5-3-4-13(11-15)17-14-7-6-12(16)10-14/h3-5,11-12,14,17H,6-10,16H2,1-2H3. The molecule has 0 heterocycles. The Morgan fingerprint density at radius 2 is 2.21 bits per heavy atom. The Bertz CT molecular complexity index is 395. The van der Waals surface area contributed by atoms with Gasteiger partial charge in [-0.1, -0.05) is 6.07 Å². The first-order valence-corrected chi connectivity index (χ1v) is 7.03. The van der Waals surface area contributed by atoms with E-state index in [0.29, 0.717) is 18.7 Å². The van der Waals surface area contributed by atoms with Crippen molar-refractivity contribution in [2.24, 2.45) is 5.73 Å². The topological polar surface area (TPSA) is 50.5 Å². The van der Waals surface area contributed by atoms with E-state index in [2.05, 4.69) is 22.3 Å². The van der Waals surface area contributed by atoms with Crippen LogP contribution >= 0.6 is 0 Å². The van der Waals surface area contributed by atoms with E-state index in [0.717, 1.165) is 37.2 Å². The first kappa shape index (κ1) is 14.2. The van der Waals surface area contributed by atoms with Crippen LogP contribution in [0.4, 0.5) is 5.69 Å². The smallest absolute Gasteiger partial charge is 0.121 e. The lowest BCUT2D eigenvalue weighted by Gasteiger charge is -2.15. The number of nitrogens with two attached hydrogens (primary N) is 1. The molecule has 1 aromatic rings. The zero-order valence-electron chi connectivity index (χ0n) is 11.9. The first-order chi connectivity index (χ1) is 9.13. The van der Waals surface area contributed by atoms with Crippen LogP contribution in [0.15, 0.2) is 24.3 Å². The predicted molar refractivity (Wildman–Crippen MR) is 79.7 cm³/mol. The monoisotopic (exact) mass is 263 g/mol. The fraction of sp³-hybridized carbons (Fsp3) is 0.600. The molecule has 2 atom stereocenters. The SMILES string of the molecule is CN(C)CCOc1cccc(NC2CCC(N)C2)c1. The molecule has 2 rings (SSSR count). The summed E-state index contributed by atoms with van der Waals surface area (Å²) in [6, 6.07) is 9.05. The molecule has 19 heavy (non-hydrogen) atoms. The van der Waals surface area contributed by atoms with E-state index in [1.807, 2.05) is 26.2 Å². The Labute approximate surface area is 115 Å². The third-order valence-corrected chi connectivity index (χ3v) is 3.49. The van der Waals surface area contributed by atoms with Gasteiger partial charge in [0.2, 0.25) is 0 Å². The van der Waals surface area contributed by atoms with Gasteiger partial charge in [0.1, 0.15) is 12.4 Å². The third kappa shape index (κ3) is 4.73.